The van der Waals surface area contributed by atoms with Crippen LogP contribution in [0.3, 0.4) is 0 Å². The molecular weight excluding hydrogens is 453 g/mol. The van der Waals surface area contributed by atoms with Crippen LogP contribution in [0.15, 0.2) is 0 Å². The molecule has 1 aliphatic rings. The van der Waals surface area contributed by atoms with Gasteiger partial charge in [-0.2, -0.15) is 0 Å². The molecule has 31 heavy (non-hydrogen) atoms. The molecule has 1 saturated heterocycles. The summed E-state index contributed by atoms with van der Waals surface area (Å²) in [6.07, 6.45) is -13.0. The highest BCUT2D eigenvalue weighted by Gasteiger charge is 2.43. The topological polar surface area (TPSA) is 284 Å². The molecule has 0 bridgehead atoms. The maximum atomic E-state index is 10.7. The maximum absolute atomic E-state index is 10.7. The van der Waals surface area contributed by atoms with Gasteiger partial charge in [0.2, 0.25) is 5.91 Å². The van der Waals surface area contributed by atoms with Crippen LogP contribution in [0.4, 0.5) is 0 Å². The van der Waals surface area contributed by atoms with E-state index in [9.17, 15) is 29.5 Å². The number of phosphoric acid groups is 1. The first-order chi connectivity index (χ1) is 14.2. The molecule has 1 fully saturated rings. The van der Waals surface area contributed by atoms with E-state index in [4.69, 9.17) is 40.1 Å². The fourth-order valence-electron chi connectivity index (χ4n) is 2.27. The Morgan fingerprint density at radius 2 is 1.68 bits per heavy atom. The summed E-state index contributed by atoms with van der Waals surface area (Å²) < 4.78 is 18.9. The van der Waals surface area contributed by atoms with Gasteiger partial charge in [-0.05, 0) is 0 Å². The smallest absolute Gasteiger partial charge is 0.394 e. The Morgan fingerprint density at radius 3 is 2.10 bits per heavy atom. The predicted molar refractivity (Wildman–Crippen MR) is 95.7 cm³/mol. The Bertz CT molecular complexity index is 602. The summed E-state index contributed by atoms with van der Waals surface area (Å²) in [5.74, 6) is -0.462. The molecule has 17 heteroatoms. The van der Waals surface area contributed by atoms with Crippen molar-refractivity contribution in [2.75, 3.05) is 13.2 Å². The monoisotopic (exact) mass is 481 g/mol. The van der Waals surface area contributed by atoms with E-state index < -0.39 is 82.0 Å². The van der Waals surface area contributed by atoms with E-state index in [1.54, 1.807) is 0 Å². The summed E-state index contributed by atoms with van der Waals surface area (Å²) in [5.41, 5.74) is 0. The minimum Gasteiger partial charge on any atom is -0.394 e. The van der Waals surface area contributed by atoms with Crippen molar-refractivity contribution < 1.29 is 74.1 Å². The molecule has 0 aliphatic carbocycles. The van der Waals surface area contributed by atoms with E-state index in [1.165, 1.54) is 6.92 Å². The Kier molecular flexibility index (Phi) is 13.0. The number of carbonyl (C=O) groups is 2. The van der Waals surface area contributed by atoms with Crippen molar-refractivity contribution >= 4 is 20.0 Å². The van der Waals surface area contributed by atoms with Gasteiger partial charge in [0.05, 0.1) is 13.2 Å². The first-order valence-electron chi connectivity index (χ1n) is 8.61. The molecule has 1 heterocycles. The van der Waals surface area contributed by atoms with Gasteiger partial charge in [0, 0.05) is 6.92 Å². The minimum absolute atomic E-state index is 0.0650. The summed E-state index contributed by atoms with van der Waals surface area (Å²) in [7, 11) is -4.80. The van der Waals surface area contributed by atoms with E-state index in [0.29, 0.717) is 0 Å². The Morgan fingerprint density at radius 1 is 1.13 bits per heavy atom. The molecule has 1 rings (SSSR count). The zero-order valence-electron chi connectivity index (χ0n) is 16.1. The maximum Gasteiger partial charge on any atom is 0.469 e. The number of carbonyl (C=O) groups excluding carboxylic acids is 2. The molecular formula is C14H28NO15P. The van der Waals surface area contributed by atoms with Crippen LogP contribution < -0.4 is 5.32 Å². The molecule has 5 unspecified atom stereocenters. The summed E-state index contributed by atoms with van der Waals surface area (Å²) in [6.45, 7) is -0.278. The molecule has 1 amide bonds. The van der Waals surface area contributed by atoms with Crippen LogP contribution >= 0.6 is 7.82 Å². The van der Waals surface area contributed by atoms with E-state index in [-0.39, 0.29) is 6.29 Å². The predicted octanol–water partition coefficient (Wildman–Crippen LogP) is -6.34. The Balaban J connectivity index is 0.000000581. The second-order valence-corrected chi connectivity index (χ2v) is 7.66. The van der Waals surface area contributed by atoms with Crippen LogP contribution in [0.25, 0.3) is 0 Å². The molecule has 0 aromatic rings. The van der Waals surface area contributed by atoms with Crippen molar-refractivity contribution in [2.24, 2.45) is 0 Å². The van der Waals surface area contributed by atoms with E-state index in [1.807, 2.05) is 0 Å². The number of ether oxygens (including phenoxy) is 1. The number of aliphatic hydroxyl groups is 8. The molecule has 16 nitrogen and oxygen atoms in total. The number of rotatable bonds is 9. The van der Waals surface area contributed by atoms with Gasteiger partial charge in [0.15, 0.2) is 12.6 Å². The third kappa shape index (κ3) is 10.4. The molecule has 0 aromatic carbocycles. The van der Waals surface area contributed by atoms with Crippen LogP contribution in [0, 0.1) is 0 Å². The zero-order valence-corrected chi connectivity index (χ0v) is 17.0. The minimum atomic E-state index is -4.80. The zero-order chi connectivity index (χ0) is 24.5. The first-order valence-corrected chi connectivity index (χ1v) is 10.1. The summed E-state index contributed by atoms with van der Waals surface area (Å²) in [6, 6.07) is -1.10. The molecule has 0 aromatic heterocycles. The number of hydrogen-bond donors (Lipinski definition) is 11. The third-order valence-electron chi connectivity index (χ3n) is 3.92. The SMILES string of the molecule is CC(=O)N[C@H]1C(O)O[C@H](CO)[C@@H](O)[C@@H]1O.O=CC(O)C(O)C(O)C(O)COP(=O)(O)O. The molecule has 184 valence electrons. The highest BCUT2D eigenvalue weighted by atomic mass is 31.2. The second kappa shape index (κ2) is 13.4. The lowest BCUT2D eigenvalue weighted by Gasteiger charge is -2.40. The number of aliphatic hydroxyl groups excluding tert-OH is 8. The number of hydrogen-bond acceptors (Lipinski definition) is 13. The van der Waals surface area contributed by atoms with Crippen LogP contribution in [0.1, 0.15) is 6.92 Å². The number of nitrogens with one attached hydrogen (secondary N) is 1. The largest absolute Gasteiger partial charge is 0.469 e. The van der Waals surface area contributed by atoms with Gasteiger partial charge in [0.25, 0.3) is 0 Å². The van der Waals surface area contributed by atoms with Crippen molar-refractivity contribution in [3.8, 4) is 0 Å². The Labute approximate surface area is 175 Å². The number of phosphoric ester groups is 1. The van der Waals surface area contributed by atoms with Crippen molar-refractivity contribution in [3.63, 3.8) is 0 Å². The van der Waals surface area contributed by atoms with Crippen molar-refractivity contribution in [3.05, 3.63) is 0 Å². The molecule has 9 atom stereocenters. The standard InChI is InChI=1S/C8H15NO6.C6H13O9P/c1-3(11)9-5-7(13)6(12)4(2-10)15-8(5)14;7-1-3(8)5(10)6(11)4(9)2-15-16(12,13)14/h4-8,10,12-14H,2H2,1H3,(H,9,11);1,3-6,8-11H,2H2,(H2,12,13,14)/t4-,5-,6-,7-,8?;/m1./s1. The molecule has 0 radical (unpaired) electrons. The molecule has 11 N–H and O–H groups in total. The summed E-state index contributed by atoms with van der Waals surface area (Å²) in [5, 5.41) is 75.5. The third-order valence-corrected chi connectivity index (χ3v) is 4.40. The normalized spacial score (nSPS) is 30.2. The van der Waals surface area contributed by atoms with Gasteiger partial charge in [-0.25, -0.2) is 4.57 Å². The number of amides is 1. The van der Waals surface area contributed by atoms with Crippen LogP contribution in [0.5, 0.6) is 0 Å². The van der Waals surface area contributed by atoms with Crippen LogP contribution in [0.2, 0.25) is 0 Å². The fraction of sp³-hybridized carbons (Fsp3) is 0.857. The van der Waals surface area contributed by atoms with Gasteiger partial charge in [-0.3, -0.25) is 9.32 Å². The number of aldehydes is 1. The molecule has 1 aliphatic heterocycles. The van der Waals surface area contributed by atoms with Gasteiger partial charge in [-0.15, -0.1) is 0 Å². The van der Waals surface area contributed by atoms with Gasteiger partial charge in [0.1, 0.15) is 48.8 Å². The van der Waals surface area contributed by atoms with Crippen molar-refractivity contribution in [2.45, 2.75) is 62.0 Å². The molecule has 0 saturated carbocycles. The first kappa shape index (κ1) is 29.9. The summed E-state index contributed by atoms with van der Waals surface area (Å²) >= 11 is 0. The average Bonchev–Trinajstić information content (AvgIpc) is 2.69. The lowest BCUT2D eigenvalue weighted by Crippen LogP contribution is -2.63. The Hall–Kier alpha value is -1.11. The van der Waals surface area contributed by atoms with Crippen LogP contribution in [-0.4, -0.2) is 131 Å². The van der Waals surface area contributed by atoms with E-state index >= 15 is 0 Å². The molecule has 0 spiro atoms. The lowest BCUT2D eigenvalue weighted by molar-refractivity contribution is -0.253. The second-order valence-electron chi connectivity index (χ2n) is 6.42. The van der Waals surface area contributed by atoms with E-state index in [2.05, 4.69) is 9.84 Å². The van der Waals surface area contributed by atoms with Crippen molar-refractivity contribution in [1.29, 1.82) is 0 Å². The highest BCUT2D eigenvalue weighted by Crippen LogP contribution is 2.35. The summed E-state index contributed by atoms with van der Waals surface area (Å²) in [4.78, 5) is 37.3. The van der Waals surface area contributed by atoms with Crippen molar-refractivity contribution in [1.82, 2.24) is 5.32 Å². The lowest BCUT2D eigenvalue weighted by atomic mass is 9.97. The quantitative estimate of drug-likeness (QED) is 0.108. The van der Waals surface area contributed by atoms with E-state index in [0.717, 1.165) is 0 Å². The highest BCUT2D eigenvalue weighted by molar-refractivity contribution is 7.46. The average molecular weight is 481 g/mol. The fourth-order valence-corrected chi connectivity index (χ4v) is 2.62. The van der Waals surface area contributed by atoms with Crippen LogP contribution in [-0.2, 0) is 23.4 Å². The van der Waals surface area contributed by atoms with Gasteiger partial charge in [-0.1, -0.05) is 0 Å². The van der Waals surface area contributed by atoms with Gasteiger partial charge < -0.3 is 65.5 Å². The van der Waals surface area contributed by atoms with Gasteiger partial charge >= 0.3 is 7.82 Å².